The van der Waals surface area contributed by atoms with Crippen molar-refractivity contribution < 1.29 is 9.47 Å². The Labute approximate surface area is 151 Å². The molecule has 0 aromatic heterocycles. The minimum Gasteiger partial charge on any atom is -0.379 e. The number of ether oxygens (including phenoxy) is 2. The summed E-state index contributed by atoms with van der Waals surface area (Å²) in [5.74, 6) is 0. The zero-order valence-corrected chi connectivity index (χ0v) is 16.5. The number of hydrogen-bond acceptors (Lipinski definition) is 3. The smallest absolute Gasteiger partial charge is 0.0813 e. The SMILES string of the molecule is CCCCCCCCCCCCOCC1CCC(CNCCC)O1. The van der Waals surface area contributed by atoms with Gasteiger partial charge in [-0.1, -0.05) is 71.6 Å². The molecule has 0 aliphatic carbocycles. The molecule has 0 bridgehead atoms. The summed E-state index contributed by atoms with van der Waals surface area (Å²) in [6.45, 7) is 8.29. The summed E-state index contributed by atoms with van der Waals surface area (Å²) in [5.41, 5.74) is 0. The van der Waals surface area contributed by atoms with Gasteiger partial charge in [-0.3, -0.25) is 0 Å². The Bertz CT molecular complexity index is 260. The van der Waals surface area contributed by atoms with E-state index in [1.165, 1.54) is 77.0 Å². The van der Waals surface area contributed by atoms with E-state index in [0.29, 0.717) is 12.2 Å². The molecule has 3 nitrogen and oxygen atoms in total. The summed E-state index contributed by atoms with van der Waals surface area (Å²) in [5, 5.41) is 3.45. The lowest BCUT2D eigenvalue weighted by Gasteiger charge is -2.14. The van der Waals surface area contributed by atoms with Crippen LogP contribution in [0.4, 0.5) is 0 Å². The van der Waals surface area contributed by atoms with Crippen molar-refractivity contribution in [2.24, 2.45) is 0 Å². The second-order valence-corrected chi connectivity index (χ2v) is 7.42. The minimum atomic E-state index is 0.335. The van der Waals surface area contributed by atoms with Crippen LogP contribution in [0.15, 0.2) is 0 Å². The van der Waals surface area contributed by atoms with Gasteiger partial charge in [-0.2, -0.15) is 0 Å². The molecule has 1 rings (SSSR count). The molecule has 2 atom stereocenters. The fourth-order valence-electron chi connectivity index (χ4n) is 3.40. The average Bonchev–Trinajstić information content (AvgIpc) is 3.04. The minimum absolute atomic E-state index is 0.335. The molecule has 1 aliphatic rings. The monoisotopic (exact) mass is 341 g/mol. The van der Waals surface area contributed by atoms with Crippen LogP contribution in [0, 0.1) is 0 Å². The lowest BCUT2D eigenvalue weighted by atomic mass is 10.1. The van der Waals surface area contributed by atoms with E-state index in [4.69, 9.17) is 9.47 Å². The molecule has 1 aliphatic heterocycles. The van der Waals surface area contributed by atoms with Crippen LogP contribution in [-0.4, -0.2) is 38.5 Å². The van der Waals surface area contributed by atoms with E-state index in [1.807, 2.05) is 0 Å². The van der Waals surface area contributed by atoms with Gasteiger partial charge in [0.1, 0.15) is 0 Å². The van der Waals surface area contributed by atoms with Gasteiger partial charge in [0.25, 0.3) is 0 Å². The first kappa shape index (κ1) is 21.9. The van der Waals surface area contributed by atoms with Crippen molar-refractivity contribution in [1.82, 2.24) is 5.32 Å². The highest BCUT2D eigenvalue weighted by atomic mass is 16.5. The second kappa shape index (κ2) is 16.4. The predicted molar refractivity (Wildman–Crippen MR) is 104 cm³/mol. The third-order valence-electron chi connectivity index (χ3n) is 4.94. The average molecular weight is 342 g/mol. The van der Waals surface area contributed by atoms with E-state index >= 15 is 0 Å². The predicted octanol–water partition coefficient (Wildman–Crippen LogP) is 5.47. The molecule has 144 valence electrons. The summed E-state index contributed by atoms with van der Waals surface area (Å²) in [6, 6.07) is 0. The van der Waals surface area contributed by atoms with Crippen LogP contribution in [0.2, 0.25) is 0 Å². The van der Waals surface area contributed by atoms with Crippen LogP contribution in [0.5, 0.6) is 0 Å². The Hall–Kier alpha value is -0.120. The maximum Gasteiger partial charge on any atom is 0.0813 e. The van der Waals surface area contributed by atoms with E-state index in [-0.39, 0.29) is 0 Å². The summed E-state index contributed by atoms with van der Waals surface area (Å²) in [6.07, 6.45) is 18.1. The molecular formula is C21H43NO2. The fourth-order valence-corrected chi connectivity index (χ4v) is 3.40. The van der Waals surface area contributed by atoms with Crippen LogP contribution in [0.3, 0.4) is 0 Å². The van der Waals surface area contributed by atoms with E-state index < -0.39 is 0 Å². The highest BCUT2D eigenvalue weighted by Gasteiger charge is 2.24. The van der Waals surface area contributed by atoms with Gasteiger partial charge in [0.05, 0.1) is 18.8 Å². The zero-order valence-electron chi connectivity index (χ0n) is 16.5. The molecule has 0 aromatic rings. The van der Waals surface area contributed by atoms with Gasteiger partial charge in [0.15, 0.2) is 0 Å². The standard InChI is InChI=1S/C21H43NO2/c1-3-5-6-7-8-9-10-11-12-13-17-23-19-21-15-14-20(24-21)18-22-16-4-2/h20-22H,3-19H2,1-2H3. The van der Waals surface area contributed by atoms with Crippen molar-refractivity contribution >= 4 is 0 Å². The van der Waals surface area contributed by atoms with Crippen molar-refractivity contribution in [3.05, 3.63) is 0 Å². The van der Waals surface area contributed by atoms with Crippen molar-refractivity contribution in [3.8, 4) is 0 Å². The third-order valence-corrected chi connectivity index (χ3v) is 4.94. The van der Waals surface area contributed by atoms with Crippen LogP contribution in [-0.2, 0) is 9.47 Å². The Kier molecular flexibility index (Phi) is 14.9. The van der Waals surface area contributed by atoms with Gasteiger partial charge < -0.3 is 14.8 Å². The van der Waals surface area contributed by atoms with E-state index in [1.54, 1.807) is 0 Å². The van der Waals surface area contributed by atoms with Crippen molar-refractivity contribution in [1.29, 1.82) is 0 Å². The summed E-state index contributed by atoms with van der Waals surface area (Å²) in [4.78, 5) is 0. The molecular weight excluding hydrogens is 298 g/mol. The molecule has 0 amide bonds. The van der Waals surface area contributed by atoms with E-state index in [0.717, 1.165) is 32.7 Å². The maximum atomic E-state index is 6.02. The lowest BCUT2D eigenvalue weighted by molar-refractivity contribution is -0.0149. The maximum absolute atomic E-state index is 6.02. The zero-order chi connectivity index (χ0) is 17.3. The molecule has 2 unspecified atom stereocenters. The summed E-state index contributed by atoms with van der Waals surface area (Å²) in [7, 11) is 0. The molecule has 3 heteroatoms. The van der Waals surface area contributed by atoms with Gasteiger partial charge >= 0.3 is 0 Å². The van der Waals surface area contributed by atoms with Gasteiger partial charge in [0.2, 0.25) is 0 Å². The van der Waals surface area contributed by atoms with Gasteiger partial charge in [-0.15, -0.1) is 0 Å². The largest absolute Gasteiger partial charge is 0.379 e. The Morgan fingerprint density at radius 1 is 0.792 bits per heavy atom. The first-order valence-electron chi connectivity index (χ1n) is 10.8. The molecule has 1 saturated heterocycles. The summed E-state index contributed by atoms with van der Waals surface area (Å²) >= 11 is 0. The van der Waals surface area contributed by atoms with Gasteiger partial charge in [-0.05, 0) is 32.2 Å². The topological polar surface area (TPSA) is 30.5 Å². The number of unbranched alkanes of at least 4 members (excludes halogenated alkanes) is 9. The lowest BCUT2D eigenvalue weighted by Crippen LogP contribution is -2.28. The van der Waals surface area contributed by atoms with E-state index in [9.17, 15) is 0 Å². The number of rotatable bonds is 17. The summed E-state index contributed by atoms with van der Waals surface area (Å²) < 4.78 is 11.8. The quantitative estimate of drug-likeness (QED) is 0.356. The second-order valence-electron chi connectivity index (χ2n) is 7.42. The van der Waals surface area contributed by atoms with Crippen molar-refractivity contribution in [2.45, 2.75) is 110 Å². The molecule has 0 radical (unpaired) electrons. The Balaban J connectivity index is 1.78. The highest BCUT2D eigenvalue weighted by molar-refractivity contribution is 4.75. The number of nitrogens with one attached hydrogen (secondary N) is 1. The van der Waals surface area contributed by atoms with E-state index in [2.05, 4.69) is 19.2 Å². The normalized spacial score (nSPS) is 20.8. The van der Waals surface area contributed by atoms with Gasteiger partial charge in [-0.25, -0.2) is 0 Å². The highest BCUT2D eigenvalue weighted by Crippen LogP contribution is 2.19. The van der Waals surface area contributed by atoms with Crippen molar-refractivity contribution in [3.63, 3.8) is 0 Å². The molecule has 0 saturated carbocycles. The van der Waals surface area contributed by atoms with Gasteiger partial charge in [0, 0.05) is 13.2 Å². The molecule has 1 N–H and O–H groups in total. The van der Waals surface area contributed by atoms with Crippen molar-refractivity contribution in [2.75, 3.05) is 26.3 Å². The molecule has 0 spiro atoms. The Morgan fingerprint density at radius 3 is 2.08 bits per heavy atom. The van der Waals surface area contributed by atoms with Crippen LogP contribution < -0.4 is 5.32 Å². The molecule has 24 heavy (non-hydrogen) atoms. The fraction of sp³-hybridized carbons (Fsp3) is 1.00. The van der Waals surface area contributed by atoms with Crippen LogP contribution in [0.25, 0.3) is 0 Å². The number of hydrogen-bond donors (Lipinski definition) is 1. The molecule has 1 fully saturated rings. The van der Waals surface area contributed by atoms with Crippen LogP contribution >= 0.6 is 0 Å². The molecule has 1 heterocycles. The Morgan fingerprint density at radius 2 is 1.42 bits per heavy atom. The first-order valence-corrected chi connectivity index (χ1v) is 10.8. The third kappa shape index (κ3) is 12.3. The first-order chi connectivity index (χ1) is 11.9. The molecule has 0 aromatic carbocycles. The van der Waals surface area contributed by atoms with Crippen LogP contribution in [0.1, 0.15) is 97.3 Å².